The number of nitrogens with zero attached hydrogens (tertiary/aromatic N) is 3. The maximum atomic E-state index is 14.3. The second kappa shape index (κ2) is 9.76. The Balaban J connectivity index is 1.56. The van der Waals surface area contributed by atoms with Crippen LogP contribution in [0.2, 0.25) is 0 Å². The molecule has 0 saturated heterocycles. The van der Waals surface area contributed by atoms with Crippen molar-refractivity contribution < 1.29 is 27.9 Å². The molecule has 3 aromatic rings. The van der Waals surface area contributed by atoms with E-state index in [4.69, 9.17) is 10.5 Å². The van der Waals surface area contributed by atoms with Gasteiger partial charge in [-0.2, -0.15) is 0 Å². The van der Waals surface area contributed by atoms with E-state index in [9.17, 15) is 23.2 Å². The third-order valence-electron chi connectivity index (χ3n) is 6.03. The molecule has 0 bridgehead atoms. The Morgan fingerprint density at radius 3 is 2.54 bits per heavy atom. The van der Waals surface area contributed by atoms with Crippen molar-refractivity contribution >= 4 is 17.8 Å². The van der Waals surface area contributed by atoms with Gasteiger partial charge in [-0.05, 0) is 63.1 Å². The summed E-state index contributed by atoms with van der Waals surface area (Å²) in [4.78, 5) is 43.3. The largest absolute Gasteiger partial charge is 0.460 e. The first-order valence-corrected chi connectivity index (χ1v) is 11.8. The third kappa shape index (κ3) is 5.52. The van der Waals surface area contributed by atoms with Gasteiger partial charge in [0.15, 0.2) is 0 Å². The zero-order valence-electron chi connectivity index (χ0n) is 21.0. The van der Waals surface area contributed by atoms with Gasteiger partial charge < -0.3 is 19.9 Å². The molecule has 2 aromatic carbocycles. The molecule has 0 saturated carbocycles. The summed E-state index contributed by atoms with van der Waals surface area (Å²) in [5.74, 6) is -2.48. The first kappa shape index (κ1) is 26.0. The first-order chi connectivity index (χ1) is 17.3. The van der Waals surface area contributed by atoms with Crippen LogP contribution in [0.3, 0.4) is 0 Å². The number of imidazole rings is 1. The van der Waals surface area contributed by atoms with Crippen molar-refractivity contribution in [2.24, 2.45) is 12.8 Å². The number of benzene rings is 2. The molecule has 1 atom stereocenters. The van der Waals surface area contributed by atoms with Crippen LogP contribution in [0.25, 0.3) is 22.6 Å². The SMILES string of the molecule is Cn1cc(-c2ccc3c(c2)CN(C(CCC(=O)OC(C)(C)C)C(N)=O)C3=O)nc1-c1cc(F)ccc1F. The third-order valence-corrected chi connectivity index (χ3v) is 6.03. The molecule has 0 aliphatic carbocycles. The van der Waals surface area contributed by atoms with Crippen molar-refractivity contribution in [2.75, 3.05) is 0 Å². The normalized spacial score (nSPS) is 14.0. The summed E-state index contributed by atoms with van der Waals surface area (Å²) >= 11 is 0. The van der Waals surface area contributed by atoms with Gasteiger partial charge in [0.25, 0.3) is 5.91 Å². The summed E-state index contributed by atoms with van der Waals surface area (Å²) in [5.41, 5.74) is 7.21. The number of carbonyl (C=O) groups excluding carboxylic acids is 3. The standard InChI is InChI=1S/C27H28F2N4O4/c1-27(2,3)37-23(34)10-9-22(24(30)35)33-13-16-11-15(5-7-18(16)26(33)36)21-14-32(4)25(31-21)19-12-17(28)6-8-20(19)29/h5-8,11-12,14,22H,9-10,13H2,1-4H3,(H2,30,35). The van der Waals surface area contributed by atoms with E-state index in [0.29, 0.717) is 22.4 Å². The lowest BCUT2D eigenvalue weighted by molar-refractivity contribution is -0.155. The zero-order valence-corrected chi connectivity index (χ0v) is 21.0. The molecule has 194 valence electrons. The number of aromatic nitrogens is 2. The first-order valence-electron chi connectivity index (χ1n) is 11.8. The van der Waals surface area contributed by atoms with Crippen LogP contribution in [-0.2, 0) is 27.9 Å². The highest BCUT2D eigenvalue weighted by Crippen LogP contribution is 2.32. The van der Waals surface area contributed by atoms with Crippen molar-refractivity contribution in [3.63, 3.8) is 0 Å². The number of fused-ring (bicyclic) bond motifs is 1. The van der Waals surface area contributed by atoms with Gasteiger partial charge in [0, 0.05) is 37.3 Å². The summed E-state index contributed by atoms with van der Waals surface area (Å²) < 4.78 is 34.9. The number of nitrogens with two attached hydrogens (primary N) is 1. The predicted molar refractivity (Wildman–Crippen MR) is 132 cm³/mol. The zero-order chi connectivity index (χ0) is 27.1. The van der Waals surface area contributed by atoms with E-state index in [1.165, 1.54) is 4.90 Å². The Labute approximate surface area is 213 Å². The summed E-state index contributed by atoms with van der Waals surface area (Å²) in [7, 11) is 1.68. The fourth-order valence-corrected chi connectivity index (χ4v) is 4.38. The van der Waals surface area contributed by atoms with Gasteiger partial charge in [0.2, 0.25) is 5.91 Å². The lowest BCUT2D eigenvalue weighted by Crippen LogP contribution is -2.45. The molecule has 2 heterocycles. The number of esters is 1. The number of amides is 2. The van der Waals surface area contributed by atoms with Gasteiger partial charge in [0.1, 0.15) is 29.1 Å². The van der Waals surface area contributed by atoms with Gasteiger partial charge in [0.05, 0.1) is 11.3 Å². The number of aryl methyl sites for hydroxylation is 1. The lowest BCUT2D eigenvalue weighted by Gasteiger charge is -2.25. The van der Waals surface area contributed by atoms with E-state index >= 15 is 0 Å². The number of rotatable bonds is 7. The average molecular weight is 511 g/mol. The van der Waals surface area contributed by atoms with Gasteiger partial charge >= 0.3 is 5.97 Å². The smallest absolute Gasteiger partial charge is 0.306 e. The molecule has 37 heavy (non-hydrogen) atoms. The van der Waals surface area contributed by atoms with E-state index < -0.39 is 35.2 Å². The molecule has 0 radical (unpaired) electrons. The monoisotopic (exact) mass is 510 g/mol. The molecule has 1 aromatic heterocycles. The molecule has 1 unspecified atom stereocenters. The van der Waals surface area contributed by atoms with Crippen LogP contribution in [-0.4, -0.2) is 43.9 Å². The molecule has 10 heteroatoms. The van der Waals surface area contributed by atoms with Crippen LogP contribution < -0.4 is 5.73 Å². The van der Waals surface area contributed by atoms with Gasteiger partial charge in [-0.1, -0.05) is 6.07 Å². The summed E-state index contributed by atoms with van der Waals surface area (Å²) in [6.07, 6.45) is 1.66. The Bertz CT molecular complexity index is 1390. The summed E-state index contributed by atoms with van der Waals surface area (Å²) in [6.45, 7) is 5.36. The topological polar surface area (TPSA) is 108 Å². The Kier molecular flexibility index (Phi) is 6.86. The maximum absolute atomic E-state index is 14.3. The molecular formula is C27H28F2N4O4. The van der Waals surface area contributed by atoms with E-state index in [2.05, 4.69) is 4.98 Å². The van der Waals surface area contributed by atoms with Crippen molar-refractivity contribution in [3.8, 4) is 22.6 Å². The molecule has 4 rings (SSSR count). The van der Waals surface area contributed by atoms with E-state index in [1.54, 1.807) is 56.8 Å². The van der Waals surface area contributed by atoms with Crippen LogP contribution in [0, 0.1) is 11.6 Å². The second-order valence-electron chi connectivity index (χ2n) is 10.0. The Morgan fingerprint density at radius 2 is 1.86 bits per heavy atom. The highest BCUT2D eigenvalue weighted by molar-refractivity contribution is 6.01. The minimum atomic E-state index is -0.978. The fraction of sp³-hybridized carbons (Fsp3) is 0.333. The summed E-state index contributed by atoms with van der Waals surface area (Å²) in [6, 6.07) is 7.30. The Hall–Kier alpha value is -4.08. The maximum Gasteiger partial charge on any atom is 0.306 e. The van der Waals surface area contributed by atoms with E-state index in [0.717, 1.165) is 18.2 Å². The molecule has 2 amide bonds. The Morgan fingerprint density at radius 1 is 1.14 bits per heavy atom. The quantitative estimate of drug-likeness (QED) is 0.484. The van der Waals surface area contributed by atoms with Crippen LogP contribution >= 0.6 is 0 Å². The van der Waals surface area contributed by atoms with Gasteiger partial charge in [-0.3, -0.25) is 14.4 Å². The predicted octanol–water partition coefficient (Wildman–Crippen LogP) is 3.96. The van der Waals surface area contributed by atoms with Crippen molar-refractivity contribution in [1.82, 2.24) is 14.5 Å². The second-order valence-corrected chi connectivity index (χ2v) is 10.0. The van der Waals surface area contributed by atoms with Gasteiger partial charge in [-0.15, -0.1) is 0 Å². The number of halogens is 2. The molecule has 1 aliphatic heterocycles. The number of primary amides is 1. The van der Waals surface area contributed by atoms with E-state index in [1.807, 2.05) is 0 Å². The molecular weight excluding hydrogens is 482 g/mol. The fourth-order valence-electron chi connectivity index (χ4n) is 4.38. The molecule has 8 nitrogen and oxygen atoms in total. The van der Waals surface area contributed by atoms with Crippen molar-refractivity contribution in [1.29, 1.82) is 0 Å². The average Bonchev–Trinajstić information content (AvgIpc) is 3.34. The van der Waals surface area contributed by atoms with Crippen LogP contribution in [0.5, 0.6) is 0 Å². The highest BCUT2D eigenvalue weighted by atomic mass is 19.1. The van der Waals surface area contributed by atoms with E-state index in [-0.39, 0.29) is 36.7 Å². The van der Waals surface area contributed by atoms with Crippen molar-refractivity contribution in [2.45, 2.75) is 51.8 Å². The highest BCUT2D eigenvalue weighted by Gasteiger charge is 2.36. The molecule has 0 spiro atoms. The van der Waals surface area contributed by atoms with Crippen LogP contribution in [0.1, 0.15) is 49.5 Å². The lowest BCUT2D eigenvalue weighted by atomic mass is 10.0. The number of ether oxygens (including phenoxy) is 1. The number of carbonyl (C=O) groups is 3. The number of hydrogen-bond acceptors (Lipinski definition) is 5. The minimum absolute atomic E-state index is 0.0329. The molecule has 2 N–H and O–H groups in total. The van der Waals surface area contributed by atoms with Gasteiger partial charge in [-0.25, -0.2) is 13.8 Å². The number of hydrogen-bond donors (Lipinski definition) is 1. The molecule has 0 fully saturated rings. The van der Waals surface area contributed by atoms with Crippen LogP contribution in [0.4, 0.5) is 8.78 Å². The van der Waals surface area contributed by atoms with Crippen molar-refractivity contribution in [3.05, 3.63) is 65.4 Å². The molecule has 1 aliphatic rings. The van der Waals surface area contributed by atoms with Crippen LogP contribution in [0.15, 0.2) is 42.6 Å². The summed E-state index contributed by atoms with van der Waals surface area (Å²) in [5, 5.41) is 0. The minimum Gasteiger partial charge on any atom is -0.460 e.